The lowest BCUT2D eigenvalue weighted by molar-refractivity contribution is -0.919. The van der Waals surface area contributed by atoms with E-state index in [0.29, 0.717) is 25.9 Å². The van der Waals surface area contributed by atoms with Crippen molar-refractivity contribution in [3.05, 3.63) is 29.8 Å². The maximum Gasteiger partial charge on any atom is 0.416 e. The molecule has 25 heavy (non-hydrogen) atoms. The van der Waals surface area contributed by atoms with Gasteiger partial charge in [-0.25, -0.2) is 0 Å². The normalized spacial score (nSPS) is 22.1. The van der Waals surface area contributed by atoms with Crippen molar-refractivity contribution in [2.75, 3.05) is 25.5 Å². The lowest BCUT2D eigenvalue weighted by Gasteiger charge is -2.31. The Bertz CT molecular complexity index is 626. The van der Waals surface area contributed by atoms with Gasteiger partial charge in [0.25, 0.3) is 5.91 Å². The lowest BCUT2D eigenvalue weighted by Crippen LogP contribution is -3.17. The summed E-state index contributed by atoms with van der Waals surface area (Å²) in [6.45, 7) is 3.00. The van der Waals surface area contributed by atoms with Gasteiger partial charge in [-0.05, 0) is 25.1 Å². The monoisotopic (exact) mass is 359 g/mol. The first-order chi connectivity index (χ1) is 11.7. The molecule has 0 radical (unpaired) electrons. The summed E-state index contributed by atoms with van der Waals surface area (Å²) in [7, 11) is 1.35. The van der Waals surface area contributed by atoms with Gasteiger partial charge < -0.3 is 15.0 Å². The Kier molecular flexibility index (Phi) is 6.05. The maximum atomic E-state index is 12.7. The van der Waals surface area contributed by atoms with E-state index in [9.17, 15) is 22.8 Å². The van der Waals surface area contributed by atoms with Gasteiger partial charge in [0.2, 0.25) is 0 Å². The molecule has 5 nitrogen and oxygen atoms in total. The minimum atomic E-state index is -4.45. The Morgan fingerprint density at radius 2 is 1.92 bits per heavy atom. The van der Waals surface area contributed by atoms with Crippen LogP contribution in [0.3, 0.4) is 0 Å². The van der Waals surface area contributed by atoms with Crippen molar-refractivity contribution >= 4 is 17.6 Å². The molecule has 0 bridgehead atoms. The largest absolute Gasteiger partial charge is 0.469 e. The van der Waals surface area contributed by atoms with Gasteiger partial charge in [-0.2, -0.15) is 13.2 Å². The molecule has 1 aromatic rings. The quantitative estimate of drug-likeness (QED) is 0.801. The van der Waals surface area contributed by atoms with Gasteiger partial charge in [-0.15, -0.1) is 0 Å². The molecule has 2 N–H and O–H groups in total. The van der Waals surface area contributed by atoms with Crippen LogP contribution >= 0.6 is 0 Å². The molecule has 0 aromatic heterocycles. The summed E-state index contributed by atoms with van der Waals surface area (Å²) in [6, 6.07) is 4.15. The van der Waals surface area contributed by atoms with E-state index in [1.165, 1.54) is 19.2 Å². The van der Waals surface area contributed by atoms with Crippen molar-refractivity contribution in [2.24, 2.45) is 5.92 Å². The maximum absolute atomic E-state index is 12.7. The highest BCUT2D eigenvalue weighted by atomic mass is 19.4. The van der Waals surface area contributed by atoms with E-state index in [1.807, 2.05) is 0 Å². The number of likely N-dealkylation sites (tertiary alicyclic amines) is 1. The van der Waals surface area contributed by atoms with Crippen molar-refractivity contribution in [2.45, 2.75) is 32.0 Å². The minimum Gasteiger partial charge on any atom is -0.469 e. The number of methoxy groups -OCH3 is 1. The van der Waals surface area contributed by atoms with Crippen LogP contribution < -0.4 is 10.2 Å². The highest BCUT2D eigenvalue weighted by Crippen LogP contribution is 2.30. The Balaban J connectivity index is 1.94. The summed E-state index contributed by atoms with van der Waals surface area (Å²) in [4.78, 5) is 24.9. The number of rotatable bonds is 4. The second-order valence-corrected chi connectivity index (χ2v) is 6.25. The number of carbonyl (C=O) groups excluding carboxylic acids is 2. The first-order valence-corrected chi connectivity index (χ1v) is 8.13. The molecule has 1 aromatic carbocycles. The molecule has 1 amide bonds. The predicted molar refractivity (Wildman–Crippen MR) is 85.0 cm³/mol. The topological polar surface area (TPSA) is 59.8 Å². The lowest BCUT2D eigenvalue weighted by atomic mass is 9.96. The summed E-state index contributed by atoms with van der Waals surface area (Å²) >= 11 is 0. The fraction of sp³-hybridized carbons (Fsp3) is 0.529. The average Bonchev–Trinajstić information content (AvgIpc) is 2.60. The number of ether oxygens (including phenoxy) is 1. The summed E-state index contributed by atoms with van der Waals surface area (Å²) in [5.41, 5.74) is -0.681. The summed E-state index contributed by atoms with van der Waals surface area (Å²) in [5, 5.41) is 2.55. The molecule has 0 saturated carbocycles. The van der Waals surface area contributed by atoms with Crippen LogP contribution in [0.2, 0.25) is 0 Å². The summed E-state index contributed by atoms with van der Waals surface area (Å²) in [5.74, 6) is -0.724. The molecular weight excluding hydrogens is 337 g/mol. The highest BCUT2D eigenvalue weighted by molar-refractivity contribution is 5.93. The number of nitrogens with one attached hydrogen (secondary N) is 2. The zero-order chi connectivity index (χ0) is 18.6. The van der Waals surface area contributed by atoms with E-state index in [4.69, 9.17) is 4.74 Å². The molecular formula is C17H22F3N2O3+. The smallest absolute Gasteiger partial charge is 0.416 e. The van der Waals surface area contributed by atoms with Gasteiger partial charge in [-0.1, -0.05) is 6.07 Å². The fourth-order valence-corrected chi connectivity index (χ4v) is 3.03. The van der Waals surface area contributed by atoms with Crippen LogP contribution in [0.15, 0.2) is 24.3 Å². The number of hydrogen-bond donors (Lipinski definition) is 2. The van der Waals surface area contributed by atoms with Gasteiger partial charge in [0.05, 0.1) is 31.7 Å². The zero-order valence-corrected chi connectivity index (χ0v) is 14.2. The SMILES string of the molecule is COC(=O)C1CC[NH+]([C@@H](C)C(=O)Nc2cccc(C(F)(F)F)c2)CC1. The highest BCUT2D eigenvalue weighted by Gasteiger charge is 2.34. The molecule has 0 aliphatic carbocycles. The van der Waals surface area contributed by atoms with Crippen LogP contribution in [0, 0.1) is 5.92 Å². The van der Waals surface area contributed by atoms with Crippen molar-refractivity contribution in [3.8, 4) is 0 Å². The number of alkyl halides is 3. The summed E-state index contributed by atoms with van der Waals surface area (Å²) < 4.78 is 42.9. The first-order valence-electron chi connectivity index (χ1n) is 8.13. The Morgan fingerprint density at radius 1 is 1.28 bits per heavy atom. The van der Waals surface area contributed by atoms with Crippen LogP contribution in [0.4, 0.5) is 18.9 Å². The Labute approximate surface area is 144 Å². The molecule has 1 aliphatic rings. The van der Waals surface area contributed by atoms with Crippen LogP contribution in [0.1, 0.15) is 25.3 Å². The molecule has 8 heteroatoms. The zero-order valence-electron chi connectivity index (χ0n) is 14.2. The van der Waals surface area contributed by atoms with Crippen LogP contribution in [-0.2, 0) is 20.5 Å². The van der Waals surface area contributed by atoms with Crippen molar-refractivity contribution in [3.63, 3.8) is 0 Å². The van der Waals surface area contributed by atoms with E-state index in [2.05, 4.69) is 5.32 Å². The van der Waals surface area contributed by atoms with E-state index >= 15 is 0 Å². The number of esters is 1. The number of anilines is 1. The number of piperidine rings is 1. The Hall–Kier alpha value is -2.09. The number of halogens is 3. The van der Waals surface area contributed by atoms with Crippen molar-refractivity contribution in [1.29, 1.82) is 0 Å². The van der Waals surface area contributed by atoms with E-state index < -0.39 is 17.8 Å². The van der Waals surface area contributed by atoms with Crippen LogP contribution in [0.5, 0.6) is 0 Å². The number of benzene rings is 1. The molecule has 1 saturated heterocycles. The molecule has 0 unspecified atom stereocenters. The van der Waals surface area contributed by atoms with Crippen molar-refractivity contribution < 1.29 is 32.4 Å². The molecule has 0 spiro atoms. The fourth-order valence-electron chi connectivity index (χ4n) is 3.03. The van der Waals surface area contributed by atoms with Gasteiger partial charge >= 0.3 is 12.1 Å². The van der Waals surface area contributed by atoms with Crippen LogP contribution in [0.25, 0.3) is 0 Å². The van der Waals surface area contributed by atoms with Gasteiger partial charge in [0.15, 0.2) is 6.04 Å². The van der Waals surface area contributed by atoms with Gasteiger partial charge in [0, 0.05) is 18.5 Å². The third kappa shape index (κ3) is 4.94. The second-order valence-electron chi connectivity index (χ2n) is 6.25. The average molecular weight is 359 g/mol. The van der Waals surface area contributed by atoms with Crippen LogP contribution in [-0.4, -0.2) is 38.1 Å². The minimum absolute atomic E-state index is 0.121. The number of amides is 1. The first kappa shape index (κ1) is 19.2. The second kappa shape index (κ2) is 7.86. The van der Waals surface area contributed by atoms with Gasteiger partial charge in [-0.3, -0.25) is 9.59 Å². The third-order valence-electron chi connectivity index (χ3n) is 4.63. The van der Waals surface area contributed by atoms with E-state index in [0.717, 1.165) is 17.0 Å². The molecule has 138 valence electrons. The Morgan fingerprint density at radius 3 is 2.48 bits per heavy atom. The molecule has 1 atom stereocenters. The standard InChI is InChI=1S/C17H21F3N2O3/c1-11(22-8-6-12(7-9-22)16(24)25-2)15(23)21-14-5-3-4-13(10-14)17(18,19)20/h3-5,10-12H,6-9H2,1-2H3,(H,21,23)/p+1/t11-/m0/s1. The van der Waals surface area contributed by atoms with Gasteiger partial charge in [0.1, 0.15) is 0 Å². The summed E-state index contributed by atoms with van der Waals surface area (Å²) in [6.07, 6.45) is -3.19. The predicted octanol–water partition coefficient (Wildman–Crippen LogP) is 1.50. The molecule has 1 heterocycles. The number of quaternary nitrogens is 1. The van der Waals surface area contributed by atoms with Crippen molar-refractivity contribution in [1.82, 2.24) is 0 Å². The number of hydrogen-bond acceptors (Lipinski definition) is 3. The number of carbonyl (C=O) groups is 2. The third-order valence-corrected chi connectivity index (χ3v) is 4.63. The van der Waals surface area contributed by atoms with E-state index in [1.54, 1.807) is 6.92 Å². The molecule has 2 rings (SSSR count). The molecule has 1 fully saturated rings. The molecule has 1 aliphatic heterocycles. The van der Waals surface area contributed by atoms with E-state index in [-0.39, 0.29) is 23.5 Å².